The number of hydrogen-bond acceptors (Lipinski definition) is 3. The average Bonchev–Trinajstić information content (AvgIpc) is 2.36. The number of phenols is 1. The van der Waals surface area contributed by atoms with Gasteiger partial charge in [0.15, 0.2) is 0 Å². The fraction of sp³-hybridized carbons (Fsp3) is 0.385. The fourth-order valence-corrected chi connectivity index (χ4v) is 1.51. The van der Waals surface area contributed by atoms with Crippen LogP contribution in [0.4, 0.5) is 4.39 Å². The molecule has 0 fully saturated rings. The lowest BCUT2D eigenvalue weighted by atomic mass is 10.1. The fourth-order valence-electron chi connectivity index (χ4n) is 1.51. The number of nitrogens with one attached hydrogen (secondary N) is 1. The second-order valence-electron chi connectivity index (χ2n) is 4.21. The number of nitrogens with zero attached hydrogens (tertiary/aromatic N) is 1. The maximum absolute atomic E-state index is 13.5. The maximum Gasteiger partial charge on any atom is 0.254 e. The van der Waals surface area contributed by atoms with Gasteiger partial charge in [0.1, 0.15) is 17.6 Å². The van der Waals surface area contributed by atoms with E-state index in [0.29, 0.717) is 6.54 Å². The predicted molar refractivity (Wildman–Crippen MR) is 68.3 cm³/mol. The van der Waals surface area contributed by atoms with E-state index >= 15 is 0 Å². The van der Waals surface area contributed by atoms with Crippen molar-refractivity contribution in [2.45, 2.75) is 19.9 Å². The van der Waals surface area contributed by atoms with Crippen LogP contribution in [0.25, 0.3) is 0 Å². The van der Waals surface area contributed by atoms with E-state index in [0.717, 1.165) is 6.07 Å². The summed E-state index contributed by atoms with van der Waals surface area (Å²) in [4.78, 5) is 25.0. The predicted octanol–water partition coefficient (Wildman–Crippen LogP) is 1.13. The third kappa shape index (κ3) is 3.67. The molecule has 5 nitrogen and oxygen atoms in total. The Morgan fingerprint density at radius 1 is 1.47 bits per heavy atom. The number of likely N-dealkylation sites (N-methyl/N-ethyl adjacent to an activating group) is 1. The van der Waals surface area contributed by atoms with Crippen molar-refractivity contribution in [2.24, 2.45) is 0 Å². The van der Waals surface area contributed by atoms with Crippen molar-refractivity contribution >= 4 is 11.8 Å². The molecule has 0 aliphatic rings. The van der Waals surface area contributed by atoms with E-state index in [2.05, 4.69) is 5.32 Å². The van der Waals surface area contributed by atoms with Crippen LogP contribution in [-0.2, 0) is 4.79 Å². The number of amides is 2. The van der Waals surface area contributed by atoms with Gasteiger partial charge in [-0.15, -0.1) is 0 Å². The van der Waals surface area contributed by atoms with Crippen LogP contribution in [0.15, 0.2) is 18.2 Å². The van der Waals surface area contributed by atoms with Gasteiger partial charge in [0.25, 0.3) is 5.91 Å². The number of halogens is 1. The van der Waals surface area contributed by atoms with Crippen molar-refractivity contribution in [2.75, 3.05) is 13.6 Å². The number of carbonyl (C=O) groups excluding carboxylic acids is 2. The molecule has 2 amide bonds. The van der Waals surface area contributed by atoms with Crippen molar-refractivity contribution in [3.63, 3.8) is 0 Å². The minimum Gasteiger partial charge on any atom is -0.508 e. The van der Waals surface area contributed by atoms with Gasteiger partial charge >= 0.3 is 0 Å². The first-order valence-corrected chi connectivity index (χ1v) is 5.91. The Kier molecular flexibility index (Phi) is 4.86. The topological polar surface area (TPSA) is 69.6 Å². The maximum atomic E-state index is 13.5. The molecule has 0 aliphatic carbocycles. The van der Waals surface area contributed by atoms with Gasteiger partial charge in [0.2, 0.25) is 5.91 Å². The van der Waals surface area contributed by atoms with Crippen LogP contribution in [-0.4, -0.2) is 41.5 Å². The van der Waals surface area contributed by atoms with Crippen LogP contribution in [0.5, 0.6) is 5.75 Å². The Hall–Kier alpha value is -2.11. The summed E-state index contributed by atoms with van der Waals surface area (Å²) in [6, 6.07) is 2.48. The van der Waals surface area contributed by atoms with Crippen LogP contribution in [0, 0.1) is 5.82 Å². The summed E-state index contributed by atoms with van der Waals surface area (Å²) < 4.78 is 13.5. The molecule has 1 aromatic rings. The van der Waals surface area contributed by atoms with Crippen LogP contribution in [0.3, 0.4) is 0 Å². The number of aromatic hydroxyl groups is 1. The van der Waals surface area contributed by atoms with Crippen LogP contribution in [0.2, 0.25) is 0 Å². The van der Waals surface area contributed by atoms with E-state index in [1.54, 1.807) is 7.05 Å². The summed E-state index contributed by atoms with van der Waals surface area (Å²) >= 11 is 0. The Morgan fingerprint density at radius 3 is 2.63 bits per heavy atom. The Morgan fingerprint density at radius 2 is 2.11 bits per heavy atom. The SMILES string of the molecule is CCN(C)C(=O)C(C)NC(=O)c1ccc(O)cc1F. The smallest absolute Gasteiger partial charge is 0.254 e. The van der Waals surface area contributed by atoms with Gasteiger partial charge < -0.3 is 15.3 Å². The first-order chi connectivity index (χ1) is 8.86. The third-order valence-electron chi connectivity index (χ3n) is 2.77. The van der Waals surface area contributed by atoms with E-state index in [1.807, 2.05) is 6.92 Å². The second-order valence-corrected chi connectivity index (χ2v) is 4.21. The van der Waals surface area contributed by atoms with Gasteiger partial charge in [-0.1, -0.05) is 0 Å². The second kappa shape index (κ2) is 6.17. The van der Waals surface area contributed by atoms with Gasteiger partial charge in [-0.05, 0) is 26.0 Å². The third-order valence-corrected chi connectivity index (χ3v) is 2.77. The van der Waals surface area contributed by atoms with Crippen LogP contribution >= 0.6 is 0 Å². The summed E-state index contributed by atoms with van der Waals surface area (Å²) in [7, 11) is 1.62. The molecule has 0 spiro atoms. The van der Waals surface area contributed by atoms with Crippen LogP contribution < -0.4 is 5.32 Å². The quantitative estimate of drug-likeness (QED) is 0.860. The molecule has 0 aromatic heterocycles. The number of phenolic OH excluding ortho intramolecular Hbond substituents is 1. The first kappa shape index (κ1) is 14.9. The zero-order chi connectivity index (χ0) is 14.6. The van der Waals surface area contributed by atoms with Gasteiger partial charge in [-0.3, -0.25) is 9.59 Å². The summed E-state index contributed by atoms with van der Waals surface area (Å²) in [6.07, 6.45) is 0. The molecule has 104 valence electrons. The van der Waals surface area contributed by atoms with Gasteiger partial charge in [-0.2, -0.15) is 0 Å². The summed E-state index contributed by atoms with van der Waals surface area (Å²) in [5.41, 5.74) is -0.211. The Balaban J connectivity index is 2.77. The zero-order valence-electron chi connectivity index (χ0n) is 11.1. The number of rotatable bonds is 4. The molecular formula is C13H17FN2O3. The van der Waals surface area contributed by atoms with Crippen molar-refractivity contribution < 1.29 is 19.1 Å². The highest BCUT2D eigenvalue weighted by molar-refractivity contribution is 5.97. The minimum absolute atomic E-state index is 0.211. The Labute approximate surface area is 111 Å². The largest absolute Gasteiger partial charge is 0.508 e. The van der Waals surface area contributed by atoms with Crippen molar-refractivity contribution in [1.29, 1.82) is 0 Å². The van der Waals surface area contributed by atoms with E-state index in [4.69, 9.17) is 5.11 Å². The van der Waals surface area contributed by atoms with E-state index < -0.39 is 17.8 Å². The lowest BCUT2D eigenvalue weighted by Crippen LogP contribution is -2.45. The molecule has 0 heterocycles. The molecule has 19 heavy (non-hydrogen) atoms. The molecule has 0 bridgehead atoms. The van der Waals surface area contributed by atoms with Gasteiger partial charge in [0.05, 0.1) is 5.56 Å². The molecule has 0 aliphatic heterocycles. The summed E-state index contributed by atoms with van der Waals surface area (Å²) in [5.74, 6) is -2.04. The summed E-state index contributed by atoms with van der Waals surface area (Å²) in [5, 5.41) is 11.5. The monoisotopic (exact) mass is 268 g/mol. The number of carbonyl (C=O) groups is 2. The van der Waals surface area contributed by atoms with Crippen molar-refractivity contribution in [3.05, 3.63) is 29.6 Å². The van der Waals surface area contributed by atoms with Gasteiger partial charge in [0, 0.05) is 19.7 Å². The van der Waals surface area contributed by atoms with Crippen LogP contribution in [0.1, 0.15) is 24.2 Å². The average molecular weight is 268 g/mol. The van der Waals surface area contributed by atoms with Crippen molar-refractivity contribution in [3.8, 4) is 5.75 Å². The molecule has 0 saturated heterocycles. The molecule has 0 saturated carbocycles. The molecule has 0 radical (unpaired) electrons. The van der Waals surface area contributed by atoms with Gasteiger partial charge in [-0.25, -0.2) is 4.39 Å². The highest BCUT2D eigenvalue weighted by atomic mass is 19.1. The zero-order valence-corrected chi connectivity index (χ0v) is 11.1. The normalized spacial score (nSPS) is 11.8. The lowest BCUT2D eigenvalue weighted by Gasteiger charge is -2.20. The van der Waals surface area contributed by atoms with Crippen molar-refractivity contribution in [1.82, 2.24) is 10.2 Å². The minimum atomic E-state index is -0.832. The summed E-state index contributed by atoms with van der Waals surface area (Å²) in [6.45, 7) is 3.86. The lowest BCUT2D eigenvalue weighted by molar-refractivity contribution is -0.131. The Bertz CT molecular complexity index is 491. The molecule has 1 unspecified atom stereocenters. The molecule has 2 N–H and O–H groups in total. The highest BCUT2D eigenvalue weighted by Crippen LogP contribution is 2.15. The van der Waals surface area contributed by atoms with E-state index in [9.17, 15) is 14.0 Å². The molecule has 1 atom stereocenters. The molecule has 1 rings (SSSR count). The van der Waals surface area contributed by atoms with E-state index in [1.165, 1.54) is 24.0 Å². The molecule has 1 aromatic carbocycles. The molecular weight excluding hydrogens is 251 g/mol. The number of hydrogen-bond donors (Lipinski definition) is 2. The number of benzene rings is 1. The highest BCUT2D eigenvalue weighted by Gasteiger charge is 2.20. The standard InChI is InChI=1S/C13H17FN2O3/c1-4-16(3)13(19)8(2)15-12(18)10-6-5-9(17)7-11(10)14/h5-8,17H,4H2,1-3H3,(H,15,18). The van der Waals surface area contributed by atoms with E-state index in [-0.39, 0.29) is 17.2 Å². The first-order valence-electron chi connectivity index (χ1n) is 5.91. The molecule has 6 heteroatoms.